The number of nitrogens with two attached hydrogens (primary N) is 1. The summed E-state index contributed by atoms with van der Waals surface area (Å²) in [6.07, 6.45) is 0.697. The fourth-order valence-corrected chi connectivity index (χ4v) is 4.54. The van der Waals surface area contributed by atoms with Gasteiger partial charge in [-0.3, -0.25) is 38.4 Å². The molecule has 6 amide bonds. The maximum Gasteiger partial charge on any atom is 0.303 e. The summed E-state index contributed by atoms with van der Waals surface area (Å²) in [6.45, 7) is 1.04. The van der Waals surface area contributed by atoms with Gasteiger partial charge in [0, 0.05) is 25.5 Å². The Morgan fingerprint density at radius 3 is 2.00 bits per heavy atom. The van der Waals surface area contributed by atoms with Crippen LogP contribution in [0.25, 0.3) is 0 Å². The number of imidazole rings is 1. The van der Waals surface area contributed by atoms with Gasteiger partial charge in [0.25, 0.3) is 0 Å². The van der Waals surface area contributed by atoms with E-state index in [9.17, 15) is 48.6 Å². The van der Waals surface area contributed by atoms with Crippen LogP contribution in [0.3, 0.4) is 0 Å². The third-order valence-corrected chi connectivity index (χ3v) is 7.37. The van der Waals surface area contributed by atoms with Gasteiger partial charge in [-0.2, -0.15) is 0 Å². The number of nitrogens with one attached hydrogen (secondary N) is 7. The molecule has 52 heavy (non-hydrogen) atoms. The molecule has 0 saturated carbocycles. The minimum atomic E-state index is -1.65. The van der Waals surface area contributed by atoms with Crippen molar-refractivity contribution in [1.82, 2.24) is 41.9 Å². The number of aromatic nitrogens is 2. The molecule has 0 spiro atoms. The summed E-state index contributed by atoms with van der Waals surface area (Å²) in [4.78, 5) is 106. The first-order valence-corrected chi connectivity index (χ1v) is 16.1. The van der Waals surface area contributed by atoms with Crippen molar-refractivity contribution in [2.75, 3.05) is 13.1 Å². The summed E-state index contributed by atoms with van der Waals surface area (Å²) < 4.78 is 0. The van der Waals surface area contributed by atoms with E-state index in [-0.39, 0.29) is 19.3 Å². The molecule has 0 fully saturated rings. The molecule has 0 saturated heterocycles. The number of carboxylic acid groups (broad SMARTS) is 1. The number of benzene rings is 1. The van der Waals surface area contributed by atoms with Crippen LogP contribution in [0.15, 0.2) is 42.9 Å². The highest BCUT2D eigenvalue weighted by Gasteiger charge is 2.32. The molecule has 12 N–H and O–H groups in total. The SMILES string of the molecule is C[C@@H](O)[C@H](NC(=O)CNC(=O)[C@H](CCC(=O)O)NC(=O)CNC(=O)[C@@H](N)Cc1c[nH]cn1)C(=O)N[C@@H](Cc1ccccc1)C(=O)N[C@H]([C]=O)[C@@H](C)O. The Morgan fingerprint density at radius 2 is 1.44 bits per heavy atom. The molecule has 0 aliphatic rings. The molecule has 20 heteroatoms. The summed E-state index contributed by atoms with van der Waals surface area (Å²) >= 11 is 0. The Bertz CT molecular complexity index is 1520. The van der Waals surface area contributed by atoms with Crippen molar-refractivity contribution in [3.05, 3.63) is 54.1 Å². The lowest BCUT2D eigenvalue weighted by molar-refractivity contribution is -0.138. The number of rotatable bonds is 22. The number of carbonyl (C=O) groups is 7. The molecule has 0 bridgehead atoms. The zero-order valence-electron chi connectivity index (χ0n) is 28.5. The number of hydrogen-bond donors (Lipinski definition) is 11. The van der Waals surface area contributed by atoms with Gasteiger partial charge in [-0.15, -0.1) is 0 Å². The summed E-state index contributed by atoms with van der Waals surface area (Å²) in [5.74, 6) is -6.65. The molecule has 2 aromatic rings. The predicted octanol–water partition coefficient (Wildman–Crippen LogP) is -4.57. The molecule has 0 aliphatic carbocycles. The van der Waals surface area contributed by atoms with Gasteiger partial charge in [-0.05, 0) is 25.8 Å². The van der Waals surface area contributed by atoms with Crippen molar-refractivity contribution < 1.29 is 53.7 Å². The third-order valence-electron chi connectivity index (χ3n) is 7.37. The number of aromatic amines is 1. The molecule has 0 aliphatic heterocycles. The van der Waals surface area contributed by atoms with Crippen molar-refractivity contribution in [2.45, 2.75) is 81.9 Å². The first-order chi connectivity index (χ1) is 24.6. The van der Waals surface area contributed by atoms with Crippen LogP contribution in [0, 0.1) is 0 Å². The largest absolute Gasteiger partial charge is 0.481 e. The van der Waals surface area contributed by atoms with E-state index in [1.165, 1.54) is 26.5 Å². The van der Waals surface area contributed by atoms with Crippen LogP contribution in [0.2, 0.25) is 0 Å². The van der Waals surface area contributed by atoms with E-state index in [1.54, 1.807) is 36.5 Å². The number of nitrogens with zero attached hydrogens (tertiary/aromatic N) is 1. The summed E-state index contributed by atoms with van der Waals surface area (Å²) in [5, 5.41) is 42.9. The van der Waals surface area contributed by atoms with Gasteiger partial charge in [0.05, 0.1) is 43.4 Å². The quantitative estimate of drug-likeness (QED) is 0.0544. The molecule has 0 unspecified atom stereocenters. The number of carbonyl (C=O) groups excluding carboxylic acids is 7. The number of aliphatic hydroxyl groups excluding tert-OH is 2. The predicted molar refractivity (Wildman–Crippen MR) is 180 cm³/mol. The van der Waals surface area contributed by atoms with Crippen molar-refractivity contribution in [3.8, 4) is 0 Å². The number of H-pyrrole nitrogens is 1. The van der Waals surface area contributed by atoms with Crippen LogP contribution in [-0.4, -0.2) is 128 Å². The summed E-state index contributed by atoms with van der Waals surface area (Å²) in [7, 11) is 0. The lowest BCUT2D eigenvalue weighted by atomic mass is 10.0. The normalized spacial score (nSPS) is 14.9. The number of amides is 6. The fraction of sp³-hybridized carbons (Fsp3) is 0.469. The van der Waals surface area contributed by atoms with Gasteiger partial charge in [-0.25, -0.2) is 4.98 Å². The van der Waals surface area contributed by atoms with Crippen LogP contribution < -0.4 is 37.6 Å². The minimum absolute atomic E-state index is 0.0779. The van der Waals surface area contributed by atoms with E-state index in [0.29, 0.717) is 11.3 Å². The Hall–Kier alpha value is -5.73. The average molecular weight is 731 g/mol. The Kier molecular flexibility index (Phi) is 17.5. The van der Waals surface area contributed by atoms with Crippen LogP contribution in [0.4, 0.5) is 0 Å². The zero-order valence-corrected chi connectivity index (χ0v) is 28.5. The maximum atomic E-state index is 13.2. The van der Waals surface area contributed by atoms with E-state index in [4.69, 9.17) is 10.8 Å². The molecule has 7 atom stereocenters. The molecule has 1 aromatic heterocycles. The highest BCUT2D eigenvalue weighted by molar-refractivity contribution is 5.95. The first-order valence-electron chi connectivity index (χ1n) is 16.1. The van der Waals surface area contributed by atoms with Gasteiger partial charge in [0.1, 0.15) is 24.2 Å². The third kappa shape index (κ3) is 15.0. The van der Waals surface area contributed by atoms with Gasteiger partial charge in [0.15, 0.2) is 0 Å². The van der Waals surface area contributed by atoms with Gasteiger partial charge in [-0.1, -0.05) is 30.3 Å². The molecular weight excluding hydrogens is 686 g/mol. The number of aliphatic hydroxyl groups is 2. The molecule has 2 rings (SSSR count). The van der Waals surface area contributed by atoms with Crippen LogP contribution >= 0.6 is 0 Å². The van der Waals surface area contributed by atoms with Crippen molar-refractivity contribution in [3.63, 3.8) is 0 Å². The smallest absolute Gasteiger partial charge is 0.303 e. The lowest BCUT2D eigenvalue weighted by Gasteiger charge is -2.26. The van der Waals surface area contributed by atoms with E-state index in [1.807, 2.05) is 0 Å². The van der Waals surface area contributed by atoms with Gasteiger partial charge >= 0.3 is 5.97 Å². The van der Waals surface area contributed by atoms with Gasteiger partial charge < -0.3 is 57.9 Å². The van der Waals surface area contributed by atoms with Gasteiger partial charge in [0.2, 0.25) is 41.7 Å². The van der Waals surface area contributed by atoms with Crippen molar-refractivity contribution in [1.29, 1.82) is 0 Å². The van der Waals surface area contributed by atoms with E-state index >= 15 is 0 Å². The monoisotopic (exact) mass is 730 g/mol. The molecule has 1 aromatic carbocycles. The van der Waals surface area contributed by atoms with Crippen LogP contribution in [0.5, 0.6) is 0 Å². The summed E-state index contributed by atoms with van der Waals surface area (Å²) in [5.41, 5.74) is 6.94. The van der Waals surface area contributed by atoms with E-state index in [2.05, 4.69) is 41.9 Å². The Morgan fingerprint density at radius 1 is 0.808 bits per heavy atom. The summed E-state index contributed by atoms with van der Waals surface area (Å²) in [6, 6.07) is 1.57. The Balaban J connectivity index is 2.02. The second kappa shape index (κ2) is 21.5. The number of aliphatic carboxylic acids is 1. The maximum absolute atomic E-state index is 13.2. The molecular formula is C32H44N9O11. The molecule has 1 radical (unpaired) electrons. The standard InChI is InChI=1S/C32H44N9O11/c1-17(43)24(15-42)40-31(51)23(10-19-6-4-3-5-7-19)39-32(52)28(18(2)44)41-26(46)14-36-30(50)22(8-9-27(47)48)38-25(45)13-35-29(49)21(33)11-20-12-34-16-37-20/h3-7,12,16-18,21-24,28,43-44H,8-11,13-14,33H2,1-2H3,(H,34,37)(H,35,49)(H,36,50)(H,38,45)(H,39,52)(H,40,51)(H,41,46)(H,47,48)/t17-,18-,21+,22+,23+,24-,28+/m1/s1. The van der Waals surface area contributed by atoms with Crippen LogP contribution in [-0.2, 0) is 51.2 Å². The van der Waals surface area contributed by atoms with Crippen molar-refractivity contribution in [2.24, 2.45) is 5.73 Å². The molecule has 1 heterocycles. The minimum Gasteiger partial charge on any atom is -0.481 e. The number of carboxylic acids is 1. The molecule has 20 nitrogen and oxygen atoms in total. The second-order valence-corrected chi connectivity index (χ2v) is 11.7. The van der Waals surface area contributed by atoms with E-state index < -0.39 is 103 Å². The Labute approximate surface area is 298 Å². The van der Waals surface area contributed by atoms with E-state index in [0.717, 1.165) is 0 Å². The van der Waals surface area contributed by atoms with Crippen LogP contribution in [0.1, 0.15) is 37.9 Å². The molecule has 283 valence electrons. The second-order valence-electron chi connectivity index (χ2n) is 11.7. The zero-order chi connectivity index (χ0) is 38.8. The highest BCUT2D eigenvalue weighted by atomic mass is 16.4. The lowest BCUT2D eigenvalue weighted by Crippen LogP contribution is -2.60. The first kappa shape index (κ1) is 42.4. The fourth-order valence-electron chi connectivity index (χ4n) is 4.54. The topological polar surface area (TPSA) is 324 Å². The van der Waals surface area contributed by atoms with Crippen molar-refractivity contribution >= 4 is 47.7 Å². The number of hydrogen-bond acceptors (Lipinski definition) is 12. The highest BCUT2D eigenvalue weighted by Crippen LogP contribution is 2.06. The average Bonchev–Trinajstić information content (AvgIpc) is 3.61.